The molecule has 6 heteroatoms. The molecular weight excluding hydrogens is 854 g/mol. The molecule has 9 aromatic rings. The van der Waals surface area contributed by atoms with Crippen molar-refractivity contribution in [2.45, 2.75) is 0 Å². The van der Waals surface area contributed by atoms with Crippen LogP contribution in [-0.2, 0) is 21.1 Å². The minimum atomic E-state index is 0. The van der Waals surface area contributed by atoms with E-state index in [0.29, 0.717) is 0 Å². The molecule has 0 bridgehead atoms. The molecule has 0 radical (unpaired) electrons. The van der Waals surface area contributed by atoms with Crippen molar-refractivity contribution in [1.82, 2.24) is 14.5 Å². The molecule has 0 unspecified atom stereocenters. The molecule has 0 aliphatic carbocycles. The Balaban J connectivity index is 0.00000397. The first-order chi connectivity index (χ1) is 26.8. The van der Waals surface area contributed by atoms with Gasteiger partial charge in [0.05, 0.1) is 0 Å². The van der Waals surface area contributed by atoms with Gasteiger partial charge in [0.25, 0.3) is 0 Å². The van der Waals surface area contributed by atoms with Gasteiger partial charge in [-0.3, -0.25) is 4.98 Å². The summed E-state index contributed by atoms with van der Waals surface area (Å²) in [5, 5.41) is 2.26. The number of fused-ring (bicyclic) bond motifs is 4. The first-order valence-corrected chi connectivity index (χ1v) is 18.0. The van der Waals surface area contributed by atoms with Crippen molar-refractivity contribution in [2.75, 3.05) is 9.80 Å². The number of benzene rings is 6. The van der Waals surface area contributed by atoms with E-state index in [9.17, 15) is 0 Å². The molecule has 0 fully saturated rings. The molecule has 0 amide bonds. The van der Waals surface area contributed by atoms with Crippen LogP contribution in [0, 0.1) is 18.8 Å². The smallest absolute Gasteiger partial charge is 0.136 e. The van der Waals surface area contributed by atoms with Crippen LogP contribution in [0.5, 0.6) is 0 Å². The van der Waals surface area contributed by atoms with Crippen LogP contribution in [0.4, 0.5) is 22.7 Å². The molecule has 1 aliphatic rings. The van der Waals surface area contributed by atoms with E-state index in [2.05, 4.69) is 179 Å². The molecule has 0 saturated heterocycles. The molecule has 0 spiro atoms. The van der Waals surface area contributed by atoms with E-state index in [0.717, 1.165) is 83.9 Å². The van der Waals surface area contributed by atoms with Crippen molar-refractivity contribution >= 4 is 55.7 Å². The van der Waals surface area contributed by atoms with Crippen LogP contribution in [0.15, 0.2) is 188 Å². The maximum Gasteiger partial charge on any atom is 0.136 e. The Hall–Kier alpha value is -6.55. The summed E-state index contributed by atoms with van der Waals surface area (Å²) >= 11 is 0. The molecule has 0 N–H and O–H groups in total. The quantitative estimate of drug-likeness (QED) is 0.118. The van der Waals surface area contributed by atoms with Gasteiger partial charge in [0.15, 0.2) is 0 Å². The van der Waals surface area contributed by atoms with Crippen LogP contribution in [0.3, 0.4) is 0 Å². The Morgan fingerprint density at radius 3 is 1.84 bits per heavy atom. The van der Waals surface area contributed by atoms with Gasteiger partial charge in [-0.15, -0.1) is 42.6 Å². The predicted octanol–water partition coefficient (Wildman–Crippen LogP) is 11.6. The van der Waals surface area contributed by atoms with E-state index in [1.165, 1.54) is 0 Å². The van der Waals surface area contributed by atoms with Gasteiger partial charge in [-0.1, -0.05) is 132 Å². The van der Waals surface area contributed by atoms with Crippen LogP contribution >= 0.6 is 0 Å². The third-order valence-corrected chi connectivity index (χ3v) is 9.95. The first kappa shape index (κ1) is 34.2. The van der Waals surface area contributed by atoms with Crippen LogP contribution in [0.1, 0.15) is 22.4 Å². The van der Waals surface area contributed by atoms with E-state index >= 15 is 0 Å². The van der Waals surface area contributed by atoms with Gasteiger partial charge >= 0.3 is 0 Å². The number of nitrogens with zero attached hydrogens (tertiary/aromatic N) is 5. The largest absolute Gasteiger partial charge is 0.493 e. The number of rotatable bonds is 7. The molecule has 10 rings (SSSR count). The second-order valence-corrected chi connectivity index (χ2v) is 13.1. The second kappa shape index (κ2) is 14.7. The zero-order chi connectivity index (χ0) is 35.8. The van der Waals surface area contributed by atoms with Crippen molar-refractivity contribution in [3.05, 3.63) is 230 Å². The number of para-hydroxylation sites is 4. The average Bonchev–Trinajstić information content (AvgIpc) is 3.80. The SMILES string of the molecule is [Pt].[c-]1c(N2[CH-]N(c3ccccc3)c3ccccc32)ccnc1C(=C(c1ccccc1)c1ccccc1)c1[c-]c2c(cc1)c1ccccc1n2-c1ccccn1. The van der Waals surface area contributed by atoms with Gasteiger partial charge in [-0.25, -0.2) is 4.98 Å². The number of pyridine rings is 2. The van der Waals surface area contributed by atoms with Gasteiger partial charge in [0.1, 0.15) is 5.82 Å². The van der Waals surface area contributed by atoms with Crippen molar-refractivity contribution in [3.63, 3.8) is 0 Å². The Labute approximate surface area is 334 Å². The number of aromatic nitrogens is 3. The fraction of sp³-hybridized carbons (Fsp3) is 0. The number of anilines is 4. The van der Waals surface area contributed by atoms with E-state index in [1.807, 2.05) is 42.7 Å². The fourth-order valence-corrected chi connectivity index (χ4v) is 7.55. The van der Waals surface area contributed by atoms with Crippen molar-refractivity contribution in [1.29, 1.82) is 0 Å². The van der Waals surface area contributed by atoms with Gasteiger partial charge in [-0.05, 0) is 82.0 Å². The van der Waals surface area contributed by atoms with Crippen LogP contribution in [-0.4, -0.2) is 14.5 Å². The maximum absolute atomic E-state index is 5.09. The molecule has 6 aromatic carbocycles. The molecule has 3 aromatic heterocycles. The third-order valence-electron chi connectivity index (χ3n) is 9.95. The summed E-state index contributed by atoms with van der Waals surface area (Å²) < 4.78 is 2.21. The summed E-state index contributed by atoms with van der Waals surface area (Å²) in [5.74, 6) is 0.840. The van der Waals surface area contributed by atoms with Crippen molar-refractivity contribution in [2.24, 2.45) is 0 Å². The monoisotopic (exact) mass is 885 g/mol. The third kappa shape index (κ3) is 6.13. The summed E-state index contributed by atoms with van der Waals surface area (Å²) in [6.45, 7) is 2.14. The normalized spacial score (nSPS) is 12.1. The summed E-state index contributed by atoms with van der Waals surface area (Å²) in [7, 11) is 0. The molecular formula is C49H32N5Pt-3. The fourth-order valence-electron chi connectivity index (χ4n) is 7.55. The van der Waals surface area contributed by atoms with E-state index in [-0.39, 0.29) is 21.1 Å². The van der Waals surface area contributed by atoms with Crippen LogP contribution in [0.25, 0.3) is 38.8 Å². The molecule has 266 valence electrons. The minimum absolute atomic E-state index is 0. The first-order valence-electron chi connectivity index (χ1n) is 18.0. The number of hydrogen-bond donors (Lipinski definition) is 0. The average molecular weight is 886 g/mol. The maximum atomic E-state index is 5.09. The molecule has 4 heterocycles. The van der Waals surface area contributed by atoms with E-state index in [4.69, 9.17) is 9.97 Å². The predicted molar refractivity (Wildman–Crippen MR) is 220 cm³/mol. The Morgan fingerprint density at radius 2 is 1.13 bits per heavy atom. The second-order valence-electron chi connectivity index (χ2n) is 13.1. The van der Waals surface area contributed by atoms with Gasteiger partial charge in [0.2, 0.25) is 0 Å². The molecule has 5 nitrogen and oxygen atoms in total. The molecule has 55 heavy (non-hydrogen) atoms. The van der Waals surface area contributed by atoms with Crippen molar-refractivity contribution in [3.8, 4) is 5.82 Å². The van der Waals surface area contributed by atoms with Crippen LogP contribution < -0.4 is 9.80 Å². The van der Waals surface area contributed by atoms with Crippen molar-refractivity contribution < 1.29 is 21.1 Å². The van der Waals surface area contributed by atoms with Gasteiger partial charge in [0, 0.05) is 49.8 Å². The summed E-state index contributed by atoms with van der Waals surface area (Å²) in [5.41, 5.74) is 11.9. The summed E-state index contributed by atoms with van der Waals surface area (Å²) in [6, 6.07) is 68.6. The standard InChI is InChI=1S/C49H32N5.Pt/c1-4-16-35(17-5-1)48(36-18-6-2-7-19-36)49(37-27-28-41-40-22-10-11-23-43(40)54(46(41)32-37)47-26-14-15-30-51-47)42-33-39(29-31-50-42)53-34-52(38-20-8-3-9-21-38)44-24-12-13-25-45(44)53;/h1-31,34H;/q-3;. The Morgan fingerprint density at radius 1 is 0.491 bits per heavy atom. The van der Waals surface area contributed by atoms with E-state index < -0.39 is 0 Å². The van der Waals surface area contributed by atoms with E-state index in [1.54, 1.807) is 0 Å². The van der Waals surface area contributed by atoms with Gasteiger partial charge < -0.3 is 14.4 Å². The number of hydrogen-bond acceptors (Lipinski definition) is 4. The minimum Gasteiger partial charge on any atom is -0.493 e. The Bertz CT molecular complexity index is 2760. The zero-order valence-electron chi connectivity index (χ0n) is 29.5. The van der Waals surface area contributed by atoms with Gasteiger partial charge in [-0.2, -0.15) is 0 Å². The Kier molecular flexibility index (Phi) is 9.15. The summed E-state index contributed by atoms with van der Waals surface area (Å²) in [6.07, 6.45) is 3.73. The molecule has 0 atom stereocenters. The topological polar surface area (TPSA) is 37.2 Å². The molecule has 0 saturated carbocycles. The zero-order valence-corrected chi connectivity index (χ0v) is 31.8. The van der Waals surface area contributed by atoms with Crippen LogP contribution in [0.2, 0.25) is 0 Å². The molecule has 1 aliphatic heterocycles. The summed E-state index contributed by atoms with van der Waals surface area (Å²) in [4.78, 5) is 14.3.